The fraction of sp³-hybridized carbons (Fsp3) is 0.471. The molecule has 0 fully saturated rings. The first-order valence-corrected chi connectivity index (χ1v) is 8.17. The lowest BCUT2D eigenvalue weighted by Crippen LogP contribution is -3.12. The summed E-state index contributed by atoms with van der Waals surface area (Å²) in [5, 5.41) is 10.8. The minimum atomic E-state index is -0.413. The molecule has 0 saturated carbocycles. The van der Waals surface area contributed by atoms with Gasteiger partial charge in [-0.2, -0.15) is 5.10 Å². The molecule has 124 valence electrons. The normalized spacial score (nSPS) is 12.5. The molecule has 1 atom stereocenters. The maximum Gasteiger partial charge on any atom is 0.272 e. The van der Waals surface area contributed by atoms with Crippen molar-refractivity contribution in [3.8, 4) is 0 Å². The maximum atomic E-state index is 12.4. The first kappa shape index (κ1) is 17.1. The van der Waals surface area contributed by atoms with Crippen molar-refractivity contribution in [1.29, 1.82) is 0 Å². The van der Waals surface area contributed by atoms with Crippen LogP contribution in [-0.4, -0.2) is 42.3 Å². The largest absolute Gasteiger partial charge is 0.350 e. The highest BCUT2D eigenvalue weighted by atomic mass is 16.2. The number of fused-ring (bicyclic) bond motifs is 1. The summed E-state index contributed by atoms with van der Waals surface area (Å²) in [7, 11) is 0. The van der Waals surface area contributed by atoms with Crippen LogP contribution in [-0.2, 0) is 4.79 Å². The molecule has 0 radical (unpaired) electrons. The van der Waals surface area contributed by atoms with E-state index in [1.165, 1.54) is 4.90 Å². The second-order valence-corrected chi connectivity index (χ2v) is 5.70. The van der Waals surface area contributed by atoms with Gasteiger partial charge in [0, 0.05) is 5.39 Å². The lowest BCUT2D eigenvalue weighted by atomic mass is 10.0. The van der Waals surface area contributed by atoms with Crippen LogP contribution < -0.4 is 15.8 Å². The Hall–Kier alpha value is -2.21. The van der Waals surface area contributed by atoms with Crippen molar-refractivity contribution < 1.29 is 9.69 Å². The molecule has 0 aliphatic rings. The number of aromatic amines is 1. The summed E-state index contributed by atoms with van der Waals surface area (Å²) in [5.41, 5.74) is 0.370. The van der Waals surface area contributed by atoms with E-state index in [0.29, 0.717) is 17.6 Å². The molecule has 0 spiro atoms. The van der Waals surface area contributed by atoms with E-state index in [9.17, 15) is 9.59 Å². The van der Waals surface area contributed by atoms with E-state index in [1.54, 1.807) is 12.1 Å². The number of nitrogens with zero attached hydrogens (tertiary/aromatic N) is 1. The highest BCUT2D eigenvalue weighted by molar-refractivity contribution is 5.90. The smallest absolute Gasteiger partial charge is 0.272 e. The Morgan fingerprint density at radius 3 is 2.57 bits per heavy atom. The molecule has 2 rings (SSSR count). The van der Waals surface area contributed by atoms with E-state index in [1.807, 2.05) is 19.1 Å². The van der Waals surface area contributed by atoms with Crippen LogP contribution in [0.1, 0.15) is 32.4 Å². The standard InChI is InChI=1S/C17H24N4O2/c1-4-21(5-2)11-10-18-16(22)12(3)15-13-8-6-7-9-14(13)17(23)20-19-15/h6-9,12H,4-5,10-11H2,1-3H3,(H,18,22)(H,20,23)/p+1/t12-/m1/s1. The molecule has 1 heterocycles. The number of carbonyl (C=O) groups is 1. The van der Waals surface area contributed by atoms with E-state index >= 15 is 0 Å². The second kappa shape index (κ2) is 7.87. The molecule has 6 heteroatoms. The molecule has 2 aromatic rings. The average Bonchev–Trinajstić information content (AvgIpc) is 2.58. The first-order chi connectivity index (χ1) is 11.1. The molecular formula is C17H25N4O2+. The second-order valence-electron chi connectivity index (χ2n) is 5.70. The van der Waals surface area contributed by atoms with Crippen molar-refractivity contribution in [2.24, 2.45) is 0 Å². The zero-order valence-corrected chi connectivity index (χ0v) is 14.0. The Balaban J connectivity index is 2.11. The summed E-state index contributed by atoms with van der Waals surface area (Å²) in [4.78, 5) is 25.6. The summed E-state index contributed by atoms with van der Waals surface area (Å²) in [6.07, 6.45) is 0. The van der Waals surface area contributed by atoms with Crippen molar-refractivity contribution in [3.63, 3.8) is 0 Å². The van der Waals surface area contributed by atoms with Crippen LogP contribution in [0.25, 0.3) is 10.8 Å². The Kier molecular flexibility index (Phi) is 5.87. The third-order valence-corrected chi connectivity index (χ3v) is 4.31. The molecule has 1 amide bonds. The maximum absolute atomic E-state index is 12.4. The molecule has 0 bridgehead atoms. The van der Waals surface area contributed by atoms with E-state index in [4.69, 9.17) is 0 Å². The Morgan fingerprint density at radius 2 is 1.91 bits per heavy atom. The van der Waals surface area contributed by atoms with Crippen LogP contribution in [0.3, 0.4) is 0 Å². The number of amides is 1. The summed E-state index contributed by atoms with van der Waals surface area (Å²) in [6.45, 7) is 9.74. The highest BCUT2D eigenvalue weighted by Gasteiger charge is 2.20. The highest BCUT2D eigenvalue weighted by Crippen LogP contribution is 2.20. The number of hydrogen-bond donors (Lipinski definition) is 3. The summed E-state index contributed by atoms with van der Waals surface area (Å²) >= 11 is 0. The van der Waals surface area contributed by atoms with Gasteiger partial charge >= 0.3 is 0 Å². The molecule has 1 aromatic heterocycles. The monoisotopic (exact) mass is 317 g/mol. The molecule has 23 heavy (non-hydrogen) atoms. The van der Waals surface area contributed by atoms with Gasteiger partial charge in [-0.3, -0.25) is 9.59 Å². The van der Waals surface area contributed by atoms with Crippen molar-refractivity contribution in [3.05, 3.63) is 40.3 Å². The molecule has 0 aliphatic heterocycles. The predicted octanol–water partition coefficient (Wildman–Crippen LogP) is 0.0675. The number of hydrogen-bond acceptors (Lipinski definition) is 3. The first-order valence-electron chi connectivity index (χ1n) is 8.17. The number of nitrogens with one attached hydrogen (secondary N) is 3. The third-order valence-electron chi connectivity index (χ3n) is 4.31. The van der Waals surface area contributed by atoms with Gasteiger partial charge in [-0.25, -0.2) is 5.10 Å². The van der Waals surface area contributed by atoms with Crippen molar-refractivity contribution in [2.75, 3.05) is 26.2 Å². The molecule has 6 nitrogen and oxygen atoms in total. The zero-order chi connectivity index (χ0) is 16.8. The predicted molar refractivity (Wildman–Crippen MR) is 90.7 cm³/mol. The van der Waals surface area contributed by atoms with Crippen LogP contribution in [0.15, 0.2) is 29.1 Å². The Morgan fingerprint density at radius 1 is 1.26 bits per heavy atom. The van der Waals surface area contributed by atoms with Gasteiger partial charge in [-0.15, -0.1) is 0 Å². The van der Waals surface area contributed by atoms with E-state index < -0.39 is 5.92 Å². The van der Waals surface area contributed by atoms with E-state index in [2.05, 4.69) is 29.4 Å². The summed E-state index contributed by atoms with van der Waals surface area (Å²) in [6, 6.07) is 7.23. The van der Waals surface area contributed by atoms with Gasteiger partial charge in [0.25, 0.3) is 5.56 Å². The topological polar surface area (TPSA) is 79.3 Å². The fourth-order valence-corrected chi connectivity index (χ4v) is 2.71. The lowest BCUT2D eigenvalue weighted by molar-refractivity contribution is -0.895. The number of carbonyl (C=O) groups excluding carboxylic acids is 1. The fourth-order valence-electron chi connectivity index (χ4n) is 2.71. The van der Waals surface area contributed by atoms with Crippen molar-refractivity contribution in [2.45, 2.75) is 26.7 Å². The Bertz CT molecular complexity index is 722. The van der Waals surface area contributed by atoms with Crippen molar-refractivity contribution in [1.82, 2.24) is 15.5 Å². The van der Waals surface area contributed by atoms with Crippen LogP contribution in [0.4, 0.5) is 0 Å². The molecule has 0 unspecified atom stereocenters. The third kappa shape index (κ3) is 3.96. The van der Waals surface area contributed by atoms with Crippen LogP contribution in [0.2, 0.25) is 0 Å². The lowest BCUT2D eigenvalue weighted by Gasteiger charge is -2.17. The van der Waals surface area contributed by atoms with Gasteiger partial charge in [0.15, 0.2) is 0 Å². The summed E-state index contributed by atoms with van der Waals surface area (Å²) in [5.74, 6) is -0.482. The SMILES string of the molecule is CC[NH+](CC)CCNC(=O)[C@H](C)c1n[nH]c(=O)c2ccccc12. The van der Waals surface area contributed by atoms with E-state index in [0.717, 1.165) is 25.0 Å². The Labute approximate surface area is 135 Å². The van der Waals surface area contributed by atoms with Gasteiger partial charge in [-0.05, 0) is 26.8 Å². The zero-order valence-electron chi connectivity index (χ0n) is 14.0. The van der Waals surface area contributed by atoms with Gasteiger partial charge in [0.2, 0.25) is 5.91 Å². The number of aromatic nitrogens is 2. The molecule has 1 aromatic carbocycles. The molecule has 3 N–H and O–H groups in total. The number of likely N-dealkylation sites (N-methyl/N-ethyl adjacent to an activating group) is 1. The number of H-pyrrole nitrogens is 1. The van der Waals surface area contributed by atoms with Gasteiger partial charge in [-0.1, -0.05) is 18.2 Å². The summed E-state index contributed by atoms with van der Waals surface area (Å²) < 4.78 is 0. The van der Waals surface area contributed by atoms with Crippen LogP contribution in [0, 0.1) is 0 Å². The van der Waals surface area contributed by atoms with Gasteiger partial charge in [0.1, 0.15) is 0 Å². The van der Waals surface area contributed by atoms with Crippen molar-refractivity contribution >= 4 is 16.7 Å². The van der Waals surface area contributed by atoms with E-state index in [-0.39, 0.29) is 11.5 Å². The molecule has 0 saturated heterocycles. The minimum Gasteiger partial charge on any atom is -0.350 e. The quantitative estimate of drug-likeness (QED) is 0.676. The molecular weight excluding hydrogens is 292 g/mol. The average molecular weight is 317 g/mol. The molecule has 0 aliphatic carbocycles. The number of quaternary nitrogens is 1. The number of rotatable bonds is 7. The van der Waals surface area contributed by atoms with Crippen LogP contribution >= 0.6 is 0 Å². The van der Waals surface area contributed by atoms with Crippen LogP contribution in [0.5, 0.6) is 0 Å². The minimum absolute atomic E-state index is 0.0683. The van der Waals surface area contributed by atoms with Gasteiger partial charge < -0.3 is 10.2 Å². The van der Waals surface area contributed by atoms with Gasteiger partial charge in [0.05, 0.1) is 43.2 Å². The number of benzene rings is 1.